The molecule has 5 nitrogen and oxygen atoms in total. The van der Waals surface area contributed by atoms with E-state index in [1.807, 2.05) is 11.8 Å². The zero-order valence-electron chi connectivity index (χ0n) is 10.9. The van der Waals surface area contributed by atoms with Crippen LogP contribution in [0.4, 0.5) is 0 Å². The van der Waals surface area contributed by atoms with E-state index in [0.717, 1.165) is 25.9 Å². The van der Waals surface area contributed by atoms with Crippen molar-refractivity contribution < 1.29 is 10.0 Å². The first-order valence-electron chi connectivity index (χ1n) is 6.17. The number of hydrogen-bond acceptors (Lipinski definition) is 3. The summed E-state index contributed by atoms with van der Waals surface area (Å²) >= 11 is 0. The van der Waals surface area contributed by atoms with Crippen LogP contribution in [0.2, 0.25) is 0 Å². The number of carbonyl (C=O) groups excluding carboxylic acids is 1. The summed E-state index contributed by atoms with van der Waals surface area (Å²) in [6.45, 7) is 7.81. The Hall–Kier alpha value is -1.26. The van der Waals surface area contributed by atoms with Crippen molar-refractivity contribution in [1.29, 1.82) is 0 Å². The Labute approximate surface area is 103 Å². The van der Waals surface area contributed by atoms with Gasteiger partial charge in [0, 0.05) is 13.1 Å². The summed E-state index contributed by atoms with van der Waals surface area (Å²) in [6, 6.07) is 0. The highest BCUT2D eigenvalue weighted by Crippen LogP contribution is 2.30. The maximum atomic E-state index is 12.3. The largest absolute Gasteiger partial charge is 0.409 e. The number of rotatable bonds is 4. The van der Waals surface area contributed by atoms with E-state index in [0.29, 0.717) is 6.42 Å². The minimum Gasteiger partial charge on any atom is -0.409 e. The lowest BCUT2D eigenvalue weighted by atomic mass is 9.93. The Morgan fingerprint density at radius 1 is 1.59 bits per heavy atom. The van der Waals surface area contributed by atoms with E-state index in [-0.39, 0.29) is 17.2 Å². The van der Waals surface area contributed by atoms with Crippen molar-refractivity contribution >= 4 is 11.7 Å². The van der Waals surface area contributed by atoms with E-state index in [2.05, 4.69) is 19.0 Å². The van der Waals surface area contributed by atoms with Crippen molar-refractivity contribution in [3.63, 3.8) is 0 Å². The molecule has 1 unspecified atom stereocenters. The molecule has 0 aromatic heterocycles. The van der Waals surface area contributed by atoms with Crippen molar-refractivity contribution in [1.82, 2.24) is 4.90 Å². The monoisotopic (exact) mass is 241 g/mol. The highest BCUT2D eigenvalue weighted by Gasteiger charge is 2.35. The van der Waals surface area contributed by atoms with Gasteiger partial charge in [-0.25, -0.2) is 0 Å². The predicted octanol–water partition coefficient (Wildman–Crippen LogP) is 1.41. The van der Waals surface area contributed by atoms with Crippen molar-refractivity contribution in [2.24, 2.45) is 22.2 Å². The van der Waals surface area contributed by atoms with E-state index in [1.54, 1.807) is 0 Å². The van der Waals surface area contributed by atoms with Gasteiger partial charge in [0.05, 0.1) is 5.92 Å². The Morgan fingerprint density at radius 2 is 2.24 bits per heavy atom. The van der Waals surface area contributed by atoms with E-state index >= 15 is 0 Å². The van der Waals surface area contributed by atoms with Crippen LogP contribution in [0.25, 0.3) is 0 Å². The predicted molar refractivity (Wildman–Crippen MR) is 66.8 cm³/mol. The number of likely N-dealkylation sites (tertiary alicyclic amines) is 1. The first kappa shape index (κ1) is 13.8. The third-order valence-corrected chi connectivity index (χ3v) is 3.34. The fourth-order valence-corrected chi connectivity index (χ4v) is 2.28. The van der Waals surface area contributed by atoms with Gasteiger partial charge >= 0.3 is 0 Å². The number of oxime groups is 1. The molecule has 98 valence electrons. The van der Waals surface area contributed by atoms with Crippen molar-refractivity contribution in [2.45, 2.75) is 40.0 Å². The van der Waals surface area contributed by atoms with Crippen molar-refractivity contribution in [3.05, 3.63) is 0 Å². The second kappa shape index (κ2) is 5.38. The SMILES string of the molecule is CCCC(C(=O)N1CCC(C)(C)C1)C(N)=NO. The molecule has 1 fully saturated rings. The van der Waals surface area contributed by atoms with Gasteiger partial charge in [-0.2, -0.15) is 0 Å². The van der Waals surface area contributed by atoms with Crippen LogP contribution in [0.1, 0.15) is 40.0 Å². The Bertz CT molecular complexity index is 313. The lowest BCUT2D eigenvalue weighted by Crippen LogP contribution is -2.41. The normalized spacial score (nSPS) is 21.6. The molecule has 1 aliphatic heterocycles. The summed E-state index contributed by atoms with van der Waals surface area (Å²) in [5.41, 5.74) is 5.77. The maximum Gasteiger partial charge on any atom is 0.233 e. The number of amides is 1. The van der Waals surface area contributed by atoms with Gasteiger partial charge in [-0.3, -0.25) is 4.79 Å². The molecule has 0 aliphatic carbocycles. The molecule has 0 aromatic carbocycles. The molecule has 0 spiro atoms. The van der Waals surface area contributed by atoms with Gasteiger partial charge in [-0.05, 0) is 18.3 Å². The van der Waals surface area contributed by atoms with Gasteiger partial charge < -0.3 is 15.8 Å². The van der Waals surface area contributed by atoms with Crippen LogP contribution in [-0.2, 0) is 4.79 Å². The van der Waals surface area contributed by atoms with E-state index in [1.165, 1.54) is 0 Å². The Morgan fingerprint density at radius 3 is 2.65 bits per heavy atom. The third kappa shape index (κ3) is 3.35. The van der Waals surface area contributed by atoms with E-state index in [4.69, 9.17) is 10.9 Å². The number of nitrogens with two attached hydrogens (primary N) is 1. The Balaban J connectivity index is 2.72. The summed E-state index contributed by atoms with van der Waals surface area (Å²) in [6.07, 6.45) is 2.48. The van der Waals surface area contributed by atoms with Gasteiger partial charge in [-0.15, -0.1) is 0 Å². The number of hydrogen-bond donors (Lipinski definition) is 2. The second-order valence-corrected chi connectivity index (χ2v) is 5.54. The topological polar surface area (TPSA) is 78.9 Å². The second-order valence-electron chi connectivity index (χ2n) is 5.54. The fraction of sp³-hybridized carbons (Fsp3) is 0.833. The van der Waals surface area contributed by atoms with Crippen LogP contribution in [0.5, 0.6) is 0 Å². The lowest BCUT2D eigenvalue weighted by Gasteiger charge is -2.24. The van der Waals surface area contributed by atoms with Gasteiger partial charge in [-0.1, -0.05) is 32.3 Å². The minimum atomic E-state index is -0.473. The number of amidine groups is 1. The fourth-order valence-electron chi connectivity index (χ4n) is 2.28. The van der Waals surface area contributed by atoms with Crippen LogP contribution >= 0.6 is 0 Å². The smallest absolute Gasteiger partial charge is 0.233 e. The molecule has 0 saturated carbocycles. The zero-order valence-corrected chi connectivity index (χ0v) is 10.9. The van der Waals surface area contributed by atoms with Crippen LogP contribution < -0.4 is 5.73 Å². The molecule has 1 heterocycles. The third-order valence-electron chi connectivity index (χ3n) is 3.34. The highest BCUT2D eigenvalue weighted by atomic mass is 16.4. The van der Waals surface area contributed by atoms with Crippen LogP contribution in [0, 0.1) is 11.3 Å². The molecule has 5 heteroatoms. The van der Waals surface area contributed by atoms with Crippen molar-refractivity contribution in [3.8, 4) is 0 Å². The molecule has 17 heavy (non-hydrogen) atoms. The van der Waals surface area contributed by atoms with Gasteiger partial charge in [0.25, 0.3) is 0 Å². The van der Waals surface area contributed by atoms with Crippen molar-refractivity contribution in [2.75, 3.05) is 13.1 Å². The molecule has 0 radical (unpaired) electrons. The molecule has 1 amide bonds. The lowest BCUT2D eigenvalue weighted by molar-refractivity contribution is -0.132. The molecule has 1 aliphatic rings. The molecule has 1 rings (SSSR count). The van der Waals surface area contributed by atoms with Gasteiger partial charge in [0.2, 0.25) is 5.91 Å². The van der Waals surface area contributed by atoms with Crippen LogP contribution in [0.3, 0.4) is 0 Å². The summed E-state index contributed by atoms with van der Waals surface area (Å²) in [7, 11) is 0. The quantitative estimate of drug-likeness (QED) is 0.338. The maximum absolute atomic E-state index is 12.3. The summed E-state index contributed by atoms with van der Waals surface area (Å²) < 4.78 is 0. The molecular weight excluding hydrogens is 218 g/mol. The molecule has 0 aromatic rings. The highest BCUT2D eigenvalue weighted by molar-refractivity contribution is 6.02. The zero-order chi connectivity index (χ0) is 13.1. The average Bonchev–Trinajstić information content (AvgIpc) is 2.64. The van der Waals surface area contributed by atoms with E-state index in [9.17, 15) is 4.79 Å². The Kier molecular flexibility index (Phi) is 4.37. The standard InChI is InChI=1S/C12H23N3O2/c1-4-5-9(10(13)14-17)11(16)15-7-6-12(2,3)8-15/h9,17H,4-8H2,1-3H3,(H2,13,14). The minimum absolute atomic E-state index is 0.00674. The molecule has 1 atom stereocenters. The molecule has 3 N–H and O–H groups in total. The molecular formula is C12H23N3O2. The number of nitrogens with zero attached hydrogens (tertiary/aromatic N) is 2. The summed E-state index contributed by atoms with van der Waals surface area (Å²) in [4.78, 5) is 14.1. The first-order valence-corrected chi connectivity index (χ1v) is 6.17. The van der Waals surface area contributed by atoms with Crippen LogP contribution in [0.15, 0.2) is 5.16 Å². The molecule has 1 saturated heterocycles. The summed E-state index contributed by atoms with van der Waals surface area (Å²) in [5, 5.41) is 11.7. The van der Waals surface area contributed by atoms with E-state index < -0.39 is 5.92 Å². The van der Waals surface area contributed by atoms with Gasteiger partial charge in [0.1, 0.15) is 0 Å². The number of carbonyl (C=O) groups is 1. The van der Waals surface area contributed by atoms with Gasteiger partial charge in [0.15, 0.2) is 5.84 Å². The summed E-state index contributed by atoms with van der Waals surface area (Å²) in [5.74, 6) is -0.451. The molecule has 0 bridgehead atoms. The van der Waals surface area contributed by atoms with Crippen LogP contribution in [-0.4, -0.2) is 34.9 Å². The first-order chi connectivity index (χ1) is 7.91. The average molecular weight is 241 g/mol.